The molecule has 5 nitrogen and oxygen atoms in total. The van der Waals surface area contributed by atoms with E-state index in [9.17, 15) is 22.0 Å². The third kappa shape index (κ3) is 9.82. The SMILES string of the molecule is CCNC(=NCc1cc(Cl)ccc1OC(F)F)NCC1CCN(CC(F)(F)F)C1.I. The number of nitrogens with one attached hydrogen (secondary N) is 2. The molecular formula is C18H25ClF5IN4O. The van der Waals surface area contributed by atoms with Gasteiger partial charge in [0, 0.05) is 30.2 Å². The zero-order valence-corrected chi connectivity index (χ0v) is 19.4. The van der Waals surface area contributed by atoms with Gasteiger partial charge in [-0.2, -0.15) is 22.0 Å². The van der Waals surface area contributed by atoms with Crippen molar-refractivity contribution in [1.29, 1.82) is 0 Å². The Kier molecular flexibility index (Phi) is 11.4. The third-order valence-electron chi connectivity index (χ3n) is 4.32. The van der Waals surface area contributed by atoms with Crippen molar-refractivity contribution in [2.24, 2.45) is 10.9 Å². The molecule has 1 aliphatic rings. The van der Waals surface area contributed by atoms with Gasteiger partial charge in [-0.3, -0.25) is 4.90 Å². The maximum absolute atomic E-state index is 12.6. The molecule has 1 fully saturated rings. The van der Waals surface area contributed by atoms with Crippen LogP contribution in [0.2, 0.25) is 5.02 Å². The zero-order valence-electron chi connectivity index (χ0n) is 16.3. The van der Waals surface area contributed by atoms with E-state index >= 15 is 0 Å². The summed E-state index contributed by atoms with van der Waals surface area (Å²) in [5, 5.41) is 6.49. The number of likely N-dealkylation sites (tertiary alicyclic amines) is 1. The van der Waals surface area contributed by atoms with Gasteiger partial charge in [0.2, 0.25) is 0 Å². The lowest BCUT2D eigenvalue weighted by Gasteiger charge is -2.19. The summed E-state index contributed by atoms with van der Waals surface area (Å²) in [7, 11) is 0. The third-order valence-corrected chi connectivity index (χ3v) is 4.56. The lowest BCUT2D eigenvalue weighted by molar-refractivity contribution is -0.143. The van der Waals surface area contributed by atoms with E-state index in [4.69, 9.17) is 11.6 Å². The van der Waals surface area contributed by atoms with Crippen LogP contribution in [0.3, 0.4) is 0 Å². The molecule has 12 heteroatoms. The van der Waals surface area contributed by atoms with Crippen LogP contribution < -0.4 is 15.4 Å². The minimum absolute atomic E-state index is 0. The normalized spacial score (nSPS) is 17.7. The monoisotopic (exact) mass is 570 g/mol. The first kappa shape index (κ1) is 27.0. The summed E-state index contributed by atoms with van der Waals surface area (Å²) in [6.45, 7) is -0.191. The molecule has 30 heavy (non-hydrogen) atoms. The maximum atomic E-state index is 12.6. The van der Waals surface area contributed by atoms with Gasteiger partial charge in [-0.1, -0.05) is 11.6 Å². The first-order valence-electron chi connectivity index (χ1n) is 9.20. The summed E-state index contributed by atoms with van der Waals surface area (Å²) in [5.74, 6) is 0.484. The number of alkyl halides is 5. The molecule has 1 heterocycles. The molecule has 1 aliphatic heterocycles. The fourth-order valence-corrected chi connectivity index (χ4v) is 3.30. The number of hydrogen-bond acceptors (Lipinski definition) is 3. The van der Waals surface area contributed by atoms with Crippen molar-refractivity contribution in [3.8, 4) is 5.75 Å². The Hall–Kier alpha value is -1.08. The van der Waals surface area contributed by atoms with Crippen LogP contribution >= 0.6 is 35.6 Å². The predicted molar refractivity (Wildman–Crippen MR) is 117 cm³/mol. The van der Waals surface area contributed by atoms with E-state index in [1.807, 2.05) is 6.92 Å². The van der Waals surface area contributed by atoms with E-state index in [0.29, 0.717) is 49.1 Å². The van der Waals surface area contributed by atoms with Crippen molar-refractivity contribution in [2.45, 2.75) is 32.7 Å². The molecule has 1 aromatic carbocycles. The molecular weight excluding hydrogens is 546 g/mol. The molecule has 1 atom stereocenters. The summed E-state index contributed by atoms with van der Waals surface area (Å²) in [5.41, 5.74) is 0.396. The Balaban J connectivity index is 0.00000450. The van der Waals surface area contributed by atoms with Crippen LogP contribution in [-0.4, -0.2) is 56.4 Å². The van der Waals surface area contributed by atoms with Gasteiger partial charge in [-0.05, 0) is 44.0 Å². The van der Waals surface area contributed by atoms with Crippen LogP contribution in [0.5, 0.6) is 5.75 Å². The van der Waals surface area contributed by atoms with Crippen molar-refractivity contribution >= 4 is 41.5 Å². The first-order valence-corrected chi connectivity index (χ1v) is 9.58. The highest BCUT2D eigenvalue weighted by atomic mass is 127. The fourth-order valence-electron chi connectivity index (χ4n) is 3.11. The minimum atomic E-state index is -4.20. The lowest BCUT2D eigenvalue weighted by atomic mass is 10.1. The highest BCUT2D eigenvalue weighted by molar-refractivity contribution is 14.0. The minimum Gasteiger partial charge on any atom is -0.434 e. The summed E-state index contributed by atoms with van der Waals surface area (Å²) < 4.78 is 67.1. The Bertz CT molecular complexity index is 693. The number of hydrogen-bond donors (Lipinski definition) is 2. The van der Waals surface area contributed by atoms with E-state index < -0.39 is 19.3 Å². The van der Waals surface area contributed by atoms with Crippen LogP contribution in [0, 0.1) is 5.92 Å². The first-order chi connectivity index (χ1) is 13.7. The van der Waals surface area contributed by atoms with Crippen LogP contribution in [-0.2, 0) is 6.54 Å². The number of benzene rings is 1. The molecule has 172 valence electrons. The maximum Gasteiger partial charge on any atom is 0.401 e. The number of rotatable bonds is 8. The summed E-state index contributed by atoms with van der Waals surface area (Å²) in [6, 6.07) is 4.30. The number of ether oxygens (including phenoxy) is 1. The smallest absolute Gasteiger partial charge is 0.401 e. The van der Waals surface area contributed by atoms with Gasteiger partial charge >= 0.3 is 12.8 Å². The number of aliphatic imine (C=N–C) groups is 1. The highest BCUT2D eigenvalue weighted by Crippen LogP contribution is 2.25. The Labute approximate surface area is 194 Å². The van der Waals surface area contributed by atoms with Crippen molar-refractivity contribution in [2.75, 3.05) is 32.7 Å². The van der Waals surface area contributed by atoms with E-state index in [-0.39, 0.29) is 42.2 Å². The van der Waals surface area contributed by atoms with E-state index in [1.165, 1.54) is 23.1 Å². The molecule has 0 aromatic heterocycles. The van der Waals surface area contributed by atoms with Crippen molar-refractivity contribution in [1.82, 2.24) is 15.5 Å². The second-order valence-corrected chi connectivity index (χ2v) is 7.15. The molecule has 1 unspecified atom stereocenters. The van der Waals surface area contributed by atoms with E-state index in [1.54, 1.807) is 0 Å². The standard InChI is InChI=1S/C18H24ClF5N4O.HI/c1-2-25-17(26-8-12-5-6-28(10-12)11-18(22,23)24)27-9-13-7-14(19)3-4-15(13)29-16(20)21;/h3-4,7,12,16H,2,5-6,8-11H2,1H3,(H2,25,26,27);1H. The summed E-state index contributed by atoms with van der Waals surface area (Å²) >= 11 is 5.93. The van der Waals surface area contributed by atoms with Gasteiger partial charge in [0.1, 0.15) is 5.75 Å². The summed E-state index contributed by atoms with van der Waals surface area (Å²) in [6.07, 6.45) is -3.54. The van der Waals surface area contributed by atoms with Crippen molar-refractivity contribution in [3.05, 3.63) is 28.8 Å². The lowest BCUT2D eigenvalue weighted by Crippen LogP contribution is -2.40. The topological polar surface area (TPSA) is 48.9 Å². The number of halogens is 7. The van der Waals surface area contributed by atoms with Gasteiger partial charge in [-0.25, -0.2) is 4.99 Å². The molecule has 0 radical (unpaired) electrons. The van der Waals surface area contributed by atoms with Gasteiger partial charge < -0.3 is 15.4 Å². The van der Waals surface area contributed by atoms with Gasteiger partial charge in [-0.15, -0.1) is 24.0 Å². The molecule has 2 N–H and O–H groups in total. The molecule has 1 saturated heterocycles. The van der Waals surface area contributed by atoms with Crippen LogP contribution in [0.4, 0.5) is 22.0 Å². The predicted octanol–water partition coefficient (Wildman–Crippen LogP) is 4.50. The molecule has 0 aliphatic carbocycles. The van der Waals surface area contributed by atoms with Gasteiger partial charge in [0.05, 0.1) is 13.1 Å². The van der Waals surface area contributed by atoms with Crippen molar-refractivity contribution in [3.63, 3.8) is 0 Å². The second-order valence-electron chi connectivity index (χ2n) is 6.71. The average Bonchev–Trinajstić information content (AvgIpc) is 3.04. The molecule has 0 saturated carbocycles. The molecule has 1 aromatic rings. The summed E-state index contributed by atoms with van der Waals surface area (Å²) in [4.78, 5) is 5.73. The molecule has 0 bridgehead atoms. The number of guanidine groups is 1. The average molecular weight is 571 g/mol. The zero-order chi connectivity index (χ0) is 21.4. The Morgan fingerprint density at radius 1 is 1.33 bits per heavy atom. The quantitative estimate of drug-likeness (QED) is 0.209. The second kappa shape index (κ2) is 12.7. The molecule has 2 rings (SSSR count). The number of nitrogens with zero attached hydrogens (tertiary/aromatic N) is 2. The Morgan fingerprint density at radius 2 is 2.07 bits per heavy atom. The molecule has 0 amide bonds. The van der Waals surface area contributed by atoms with Gasteiger partial charge in [0.25, 0.3) is 0 Å². The van der Waals surface area contributed by atoms with Crippen LogP contribution in [0.25, 0.3) is 0 Å². The Morgan fingerprint density at radius 3 is 2.70 bits per heavy atom. The van der Waals surface area contributed by atoms with Crippen molar-refractivity contribution < 1.29 is 26.7 Å². The highest BCUT2D eigenvalue weighted by Gasteiger charge is 2.34. The largest absolute Gasteiger partial charge is 0.434 e. The van der Waals surface area contributed by atoms with Crippen LogP contribution in [0.1, 0.15) is 18.9 Å². The fraction of sp³-hybridized carbons (Fsp3) is 0.611. The molecule has 0 spiro atoms. The van der Waals surface area contributed by atoms with E-state index in [2.05, 4.69) is 20.4 Å². The van der Waals surface area contributed by atoms with E-state index in [0.717, 1.165) is 0 Å². The van der Waals surface area contributed by atoms with Crippen LogP contribution in [0.15, 0.2) is 23.2 Å². The van der Waals surface area contributed by atoms with Gasteiger partial charge in [0.15, 0.2) is 5.96 Å².